The molecule has 30 heavy (non-hydrogen) atoms. The number of rotatable bonds is 4. The van der Waals surface area contributed by atoms with E-state index in [0.717, 1.165) is 35.2 Å². The molecule has 2 unspecified atom stereocenters. The molecule has 2 atom stereocenters. The molecule has 4 heterocycles. The van der Waals surface area contributed by atoms with Crippen molar-refractivity contribution in [1.82, 2.24) is 20.0 Å². The number of anilines is 1. The Morgan fingerprint density at radius 3 is 2.70 bits per heavy atom. The van der Waals surface area contributed by atoms with E-state index in [0.29, 0.717) is 11.5 Å². The number of nitrogens with zero attached hydrogens (tertiary/aromatic N) is 5. The molecule has 2 aliphatic heterocycles. The van der Waals surface area contributed by atoms with Gasteiger partial charge in [0, 0.05) is 11.8 Å². The molecule has 154 valence electrons. The monoisotopic (exact) mass is 405 g/mol. The molecule has 0 spiro atoms. The number of amides is 1. The second-order valence-corrected chi connectivity index (χ2v) is 8.33. The highest BCUT2D eigenvalue weighted by atomic mass is 16.6. The summed E-state index contributed by atoms with van der Waals surface area (Å²) in [5.74, 6) is 0.622. The molecule has 1 saturated heterocycles. The molecule has 3 aromatic rings. The van der Waals surface area contributed by atoms with Crippen LogP contribution in [0.2, 0.25) is 0 Å². The summed E-state index contributed by atoms with van der Waals surface area (Å²) in [5.41, 5.74) is 3.55. The van der Waals surface area contributed by atoms with E-state index in [1.54, 1.807) is 35.8 Å². The number of ether oxygens (including phenoxy) is 1. The molecule has 1 amide bonds. The minimum absolute atomic E-state index is 0.0502. The molecule has 8 nitrogen and oxygen atoms in total. The third kappa shape index (κ3) is 2.95. The zero-order chi connectivity index (χ0) is 21.0. The van der Waals surface area contributed by atoms with E-state index >= 15 is 0 Å². The molecule has 8 heteroatoms. The van der Waals surface area contributed by atoms with Gasteiger partial charge in [-0.25, -0.2) is 14.5 Å². The number of aromatic nitrogens is 4. The third-order valence-electron chi connectivity index (χ3n) is 5.82. The quantitative estimate of drug-likeness (QED) is 0.716. The molecule has 1 N–H and O–H groups in total. The van der Waals surface area contributed by atoms with Crippen LogP contribution >= 0.6 is 0 Å². The molecule has 2 aliphatic rings. The molecular weight excluding hydrogens is 382 g/mol. The van der Waals surface area contributed by atoms with Gasteiger partial charge in [-0.15, -0.1) is 5.10 Å². The minimum atomic E-state index is -1.06. The summed E-state index contributed by atoms with van der Waals surface area (Å²) in [6.07, 6.45) is 4.79. The molecule has 1 fully saturated rings. The predicted octanol–water partition coefficient (Wildman–Crippen LogP) is 3.22. The van der Waals surface area contributed by atoms with Crippen molar-refractivity contribution in [1.29, 1.82) is 0 Å². The van der Waals surface area contributed by atoms with Crippen LogP contribution in [0.4, 0.5) is 10.5 Å². The number of pyridine rings is 1. The summed E-state index contributed by atoms with van der Waals surface area (Å²) in [5, 5.41) is 18.1. The van der Waals surface area contributed by atoms with Crippen molar-refractivity contribution in [3.8, 4) is 16.9 Å². The number of fused-ring (bicyclic) bond motifs is 3. The van der Waals surface area contributed by atoms with Crippen molar-refractivity contribution in [2.75, 3.05) is 4.90 Å². The number of benzene rings is 1. The van der Waals surface area contributed by atoms with E-state index in [4.69, 9.17) is 4.74 Å². The van der Waals surface area contributed by atoms with E-state index in [1.165, 1.54) is 0 Å². The third-order valence-corrected chi connectivity index (χ3v) is 5.82. The molecule has 0 aliphatic carbocycles. The highest BCUT2D eigenvalue weighted by Crippen LogP contribution is 2.41. The maximum atomic E-state index is 12.2. The van der Waals surface area contributed by atoms with Gasteiger partial charge in [-0.1, -0.05) is 18.2 Å². The summed E-state index contributed by atoms with van der Waals surface area (Å²) < 4.78 is 7.02. The number of carbonyl (C=O) groups excluding carboxylic acids is 1. The summed E-state index contributed by atoms with van der Waals surface area (Å²) in [6, 6.07) is 10.1. The molecule has 5 rings (SSSR count). The average molecular weight is 405 g/mol. The van der Waals surface area contributed by atoms with Gasteiger partial charge in [0.15, 0.2) is 5.82 Å². The van der Waals surface area contributed by atoms with E-state index in [-0.39, 0.29) is 18.2 Å². The lowest BCUT2D eigenvalue weighted by atomic mass is 10.0. The fourth-order valence-corrected chi connectivity index (χ4v) is 4.16. The first kappa shape index (κ1) is 18.7. The smallest absolute Gasteiger partial charge is 0.415 e. The largest absolute Gasteiger partial charge is 0.444 e. The van der Waals surface area contributed by atoms with Gasteiger partial charge in [0.1, 0.15) is 17.4 Å². The number of hydrogen-bond acceptors (Lipinski definition) is 6. The Morgan fingerprint density at radius 2 is 2.03 bits per heavy atom. The van der Waals surface area contributed by atoms with Crippen molar-refractivity contribution < 1.29 is 14.6 Å². The van der Waals surface area contributed by atoms with Gasteiger partial charge < -0.3 is 9.84 Å². The number of carbonyl (C=O) groups is 1. The van der Waals surface area contributed by atoms with E-state index in [2.05, 4.69) is 21.4 Å². The average Bonchev–Trinajstić information content (AvgIpc) is 3.42. The normalized spacial score (nSPS) is 20.3. The minimum Gasteiger partial charge on any atom is -0.444 e. The molecule has 1 aromatic carbocycles. The van der Waals surface area contributed by atoms with Gasteiger partial charge in [0.25, 0.3) is 0 Å². The van der Waals surface area contributed by atoms with Crippen LogP contribution in [0.5, 0.6) is 0 Å². The van der Waals surface area contributed by atoms with Crippen molar-refractivity contribution in [2.45, 2.75) is 51.4 Å². The second kappa shape index (κ2) is 6.63. The standard InChI is InChI=1S/C22H23N5O3/c1-4-18-17-10-15-9-13(5-7-16(15)27(17)21(28)30-18)14-6-8-20(23-11-14)26-12-19(24-25-26)22(2,3)29/h5-9,11-12,17-18,29H,4,10H2,1-3H3. The fourth-order valence-electron chi connectivity index (χ4n) is 4.16. The Balaban J connectivity index is 1.41. The van der Waals surface area contributed by atoms with Crippen LogP contribution in [0.3, 0.4) is 0 Å². The van der Waals surface area contributed by atoms with Crippen LogP contribution in [0, 0.1) is 0 Å². The van der Waals surface area contributed by atoms with Crippen LogP contribution < -0.4 is 4.90 Å². The number of cyclic esters (lactones) is 1. The first-order chi connectivity index (χ1) is 14.3. The Kier molecular flexibility index (Phi) is 4.14. The van der Waals surface area contributed by atoms with Crippen molar-refractivity contribution in [3.05, 3.63) is 54.0 Å². The van der Waals surface area contributed by atoms with Gasteiger partial charge in [-0.3, -0.25) is 4.90 Å². The van der Waals surface area contributed by atoms with Crippen LogP contribution in [0.25, 0.3) is 16.9 Å². The highest BCUT2D eigenvalue weighted by molar-refractivity contribution is 5.94. The van der Waals surface area contributed by atoms with Crippen LogP contribution in [-0.4, -0.2) is 43.3 Å². The van der Waals surface area contributed by atoms with Crippen LogP contribution in [-0.2, 0) is 16.8 Å². The van der Waals surface area contributed by atoms with Gasteiger partial charge in [0.2, 0.25) is 0 Å². The Bertz CT molecular complexity index is 1120. The Labute approximate surface area is 174 Å². The lowest BCUT2D eigenvalue weighted by Crippen LogP contribution is -2.32. The number of aliphatic hydroxyl groups is 1. The lowest BCUT2D eigenvalue weighted by molar-refractivity contribution is 0.0737. The summed E-state index contributed by atoms with van der Waals surface area (Å²) >= 11 is 0. The molecular formula is C22H23N5O3. The summed E-state index contributed by atoms with van der Waals surface area (Å²) in [6.45, 7) is 5.38. The van der Waals surface area contributed by atoms with Crippen molar-refractivity contribution in [3.63, 3.8) is 0 Å². The Morgan fingerprint density at radius 1 is 1.23 bits per heavy atom. The van der Waals surface area contributed by atoms with Gasteiger partial charge in [-0.2, -0.15) is 0 Å². The van der Waals surface area contributed by atoms with Gasteiger partial charge in [-0.05, 0) is 62.1 Å². The van der Waals surface area contributed by atoms with Gasteiger partial charge in [0.05, 0.1) is 17.9 Å². The van der Waals surface area contributed by atoms with Crippen molar-refractivity contribution >= 4 is 11.8 Å². The SMILES string of the molecule is CCC1OC(=O)N2c3ccc(-c4ccc(-n5cc(C(C)(C)O)nn5)nc4)cc3CC12. The van der Waals surface area contributed by atoms with Crippen LogP contribution in [0.1, 0.15) is 38.4 Å². The van der Waals surface area contributed by atoms with E-state index in [9.17, 15) is 9.90 Å². The lowest BCUT2D eigenvalue weighted by Gasteiger charge is -2.15. The van der Waals surface area contributed by atoms with E-state index < -0.39 is 5.60 Å². The predicted molar refractivity (Wildman–Crippen MR) is 110 cm³/mol. The molecule has 0 radical (unpaired) electrons. The van der Waals surface area contributed by atoms with E-state index in [1.807, 2.05) is 31.2 Å². The molecule has 2 aromatic heterocycles. The number of hydrogen-bond donors (Lipinski definition) is 1. The maximum absolute atomic E-state index is 12.2. The van der Waals surface area contributed by atoms with Crippen LogP contribution in [0.15, 0.2) is 42.7 Å². The zero-order valence-corrected chi connectivity index (χ0v) is 17.1. The van der Waals surface area contributed by atoms with Gasteiger partial charge >= 0.3 is 6.09 Å². The maximum Gasteiger partial charge on any atom is 0.415 e. The topological polar surface area (TPSA) is 93.4 Å². The zero-order valence-electron chi connectivity index (χ0n) is 17.1. The first-order valence-corrected chi connectivity index (χ1v) is 10.1. The van der Waals surface area contributed by atoms with Crippen molar-refractivity contribution in [2.24, 2.45) is 0 Å². The second-order valence-electron chi connectivity index (χ2n) is 8.33. The Hall–Kier alpha value is -3.26. The molecule has 0 bridgehead atoms. The fraction of sp³-hybridized carbons (Fsp3) is 0.364. The summed E-state index contributed by atoms with van der Waals surface area (Å²) in [4.78, 5) is 18.5. The highest BCUT2D eigenvalue weighted by Gasteiger charge is 2.46. The first-order valence-electron chi connectivity index (χ1n) is 10.1. The molecule has 0 saturated carbocycles. The summed E-state index contributed by atoms with van der Waals surface area (Å²) in [7, 11) is 0.